The molecule has 1 aromatic heterocycles. The van der Waals surface area contributed by atoms with E-state index in [4.69, 9.17) is 9.47 Å². The van der Waals surface area contributed by atoms with E-state index in [1.54, 1.807) is 18.2 Å². The van der Waals surface area contributed by atoms with Gasteiger partial charge in [0.2, 0.25) is 0 Å². The molecule has 1 aliphatic rings. The van der Waals surface area contributed by atoms with E-state index in [2.05, 4.69) is 32.9 Å². The Morgan fingerprint density at radius 3 is 2.62 bits per heavy atom. The molecule has 0 bridgehead atoms. The predicted molar refractivity (Wildman–Crippen MR) is 117 cm³/mol. The summed E-state index contributed by atoms with van der Waals surface area (Å²) in [5.41, 5.74) is 1.14. The number of hydrogen-bond donors (Lipinski definition) is 2. The maximum absolute atomic E-state index is 12.7. The molecule has 2 aromatic rings. The number of methoxy groups -OCH3 is 1. The van der Waals surface area contributed by atoms with Crippen LogP contribution in [0.1, 0.15) is 40.0 Å². The Hall–Kier alpha value is -2.56. The van der Waals surface area contributed by atoms with Gasteiger partial charge in [0.15, 0.2) is 11.6 Å². The van der Waals surface area contributed by atoms with Gasteiger partial charge in [-0.15, -0.1) is 0 Å². The summed E-state index contributed by atoms with van der Waals surface area (Å²) in [6.07, 6.45) is 4.72. The normalized spacial score (nSPS) is 13.7. The fourth-order valence-electron chi connectivity index (χ4n) is 3.19. The molecule has 1 saturated heterocycles. The van der Waals surface area contributed by atoms with Crippen molar-refractivity contribution in [2.45, 2.75) is 19.3 Å². The number of hydrogen-bond acceptors (Lipinski definition) is 6. The molecule has 2 heterocycles. The highest BCUT2D eigenvalue weighted by molar-refractivity contribution is 14.1. The number of rotatable bonds is 7. The number of piperidine rings is 1. The topological polar surface area (TPSA) is 101 Å². The summed E-state index contributed by atoms with van der Waals surface area (Å²) in [6.45, 7) is 1.52. The first-order valence-electron chi connectivity index (χ1n) is 9.20. The maximum atomic E-state index is 12.7. The molecule has 1 amide bonds. The molecule has 0 radical (unpaired) electrons. The SMILES string of the molecule is COc1cc(Nc2ncc(C(=O)N3CCCCC3)cc2OCI)ccc1C(=O)O. The van der Waals surface area contributed by atoms with E-state index in [9.17, 15) is 14.7 Å². The number of carbonyl (C=O) groups is 2. The van der Waals surface area contributed by atoms with Gasteiger partial charge in [-0.05, 0) is 60.1 Å². The molecule has 8 nitrogen and oxygen atoms in total. The smallest absolute Gasteiger partial charge is 0.339 e. The van der Waals surface area contributed by atoms with E-state index in [0.29, 0.717) is 27.4 Å². The van der Waals surface area contributed by atoms with Crippen LogP contribution in [0.25, 0.3) is 0 Å². The van der Waals surface area contributed by atoms with Gasteiger partial charge in [0.1, 0.15) is 15.9 Å². The fraction of sp³-hybridized carbons (Fsp3) is 0.350. The van der Waals surface area contributed by atoms with Crippen LogP contribution >= 0.6 is 22.6 Å². The largest absolute Gasteiger partial charge is 0.496 e. The van der Waals surface area contributed by atoms with Crippen molar-refractivity contribution in [3.8, 4) is 11.5 Å². The van der Waals surface area contributed by atoms with Crippen molar-refractivity contribution in [3.05, 3.63) is 41.6 Å². The highest BCUT2D eigenvalue weighted by Gasteiger charge is 2.20. The van der Waals surface area contributed by atoms with Crippen molar-refractivity contribution in [1.29, 1.82) is 0 Å². The molecule has 0 atom stereocenters. The number of halogens is 1. The van der Waals surface area contributed by atoms with Crippen molar-refractivity contribution in [2.24, 2.45) is 0 Å². The zero-order valence-corrected chi connectivity index (χ0v) is 18.1. The number of carboxylic acids is 1. The number of nitrogens with zero attached hydrogens (tertiary/aromatic N) is 2. The lowest BCUT2D eigenvalue weighted by Crippen LogP contribution is -2.35. The summed E-state index contributed by atoms with van der Waals surface area (Å²) in [7, 11) is 1.41. The number of ether oxygens (including phenoxy) is 2. The Balaban J connectivity index is 1.85. The Morgan fingerprint density at radius 2 is 1.97 bits per heavy atom. The lowest BCUT2D eigenvalue weighted by atomic mass is 10.1. The monoisotopic (exact) mass is 511 g/mol. The summed E-state index contributed by atoms with van der Waals surface area (Å²) in [5, 5.41) is 12.3. The maximum Gasteiger partial charge on any atom is 0.339 e. The Morgan fingerprint density at radius 1 is 1.21 bits per heavy atom. The molecule has 29 heavy (non-hydrogen) atoms. The van der Waals surface area contributed by atoms with Crippen LogP contribution < -0.4 is 14.8 Å². The number of nitrogens with one attached hydrogen (secondary N) is 1. The van der Waals surface area contributed by atoms with E-state index in [0.717, 1.165) is 32.4 Å². The van der Waals surface area contributed by atoms with Crippen LogP contribution in [-0.4, -0.2) is 51.7 Å². The fourth-order valence-corrected chi connectivity index (χ4v) is 3.52. The summed E-state index contributed by atoms with van der Waals surface area (Å²) >= 11 is 2.08. The van der Waals surface area contributed by atoms with E-state index >= 15 is 0 Å². The highest BCUT2D eigenvalue weighted by atomic mass is 127. The lowest BCUT2D eigenvalue weighted by molar-refractivity contribution is 0.0691. The van der Waals surface area contributed by atoms with Gasteiger partial charge in [-0.2, -0.15) is 0 Å². The first-order valence-corrected chi connectivity index (χ1v) is 10.7. The standard InChI is InChI=1S/C20H22IN3O5/c1-28-16-10-14(5-6-15(16)20(26)27)23-18-17(29-12-21)9-13(11-22-18)19(25)24-7-3-2-4-8-24/h5-6,9-11H,2-4,7-8,12H2,1H3,(H,22,23)(H,26,27). The van der Waals surface area contributed by atoms with Gasteiger partial charge in [-0.25, -0.2) is 9.78 Å². The van der Waals surface area contributed by atoms with Crippen LogP contribution in [0.5, 0.6) is 11.5 Å². The van der Waals surface area contributed by atoms with Gasteiger partial charge in [0, 0.05) is 31.0 Å². The number of likely N-dealkylation sites (tertiary alicyclic amines) is 1. The second kappa shape index (κ2) is 9.77. The molecule has 2 N–H and O–H groups in total. The van der Waals surface area contributed by atoms with Crippen molar-refractivity contribution in [1.82, 2.24) is 9.88 Å². The number of anilines is 2. The minimum absolute atomic E-state index is 0.0467. The molecular weight excluding hydrogens is 489 g/mol. The number of amides is 1. The van der Waals surface area contributed by atoms with E-state index in [1.165, 1.54) is 19.4 Å². The molecule has 154 valence electrons. The Bertz CT molecular complexity index is 900. The quantitative estimate of drug-likeness (QED) is 0.429. The third-order valence-corrected chi connectivity index (χ3v) is 4.96. The summed E-state index contributed by atoms with van der Waals surface area (Å²) in [5.74, 6) is -0.00291. The second-order valence-corrected chi connectivity index (χ2v) is 7.15. The summed E-state index contributed by atoms with van der Waals surface area (Å²) in [6, 6.07) is 6.34. The molecular formula is C20H22IN3O5. The number of carbonyl (C=O) groups excluding carboxylic acids is 1. The number of carboxylic acid groups (broad SMARTS) is 1. The molecule has 0 saturated carbocycles. The molecule has 3 rings (SSSR count). The minimum atomic E-state index is -1.07. The number of aromatic nitrogens is 1. The number of alkyl halides is 1. The number of pyridine rings is 1. The second-order valence-electron chi connectivity index (χ2n) is 6.52. The van der Waals surface area contributed by atoms with E-state index < -0.39 is 5.97 Å². The molecule has 9 heteroatoms. The zero-order valence-electron chi connectivity index (χ0n) is 16.0. The van der Waals surface area contributed by atoms with E-state index in [1.807, 2.05) is 4.90 Å². The van der Waals surface area contributed by atoms with Crippen molar-refractivity contribution >= 4 is 46.0 Å². The van der Waals surface area contributed by atoms with Gasteiger partial charge in [0.25, 0.3) is 5.91 Å². The van der Waals surface area contributed by atoms with Crippen LogP contribution in [0.3, 0.4) is 0 Å². The third kappa shape index (κ3) is 5.08. The van der Waals surface area contributed by atoms with Crippen LogP contribution in [0.4, 0.5) is 11.5 Å². The molecule has 1 aromatic carbocycles. The zero-order chi connectivity index (χ0) is 20.8. The van der Waals surface area contributed by atoms with Crippen LogP contribution in [0.15, 0.2) is 30.5 Å². The summed E-state index contributed by atoms with van der Waals surface area (Å²) < 4.78 is 11.2. The Kier molecular flexibility index (Phi) is 7.13. The van der Waals surface area contributed by atoms with Crippen molar-refractivity contribution in [2.75, 3.05) is 30.1 Å². The first-order chi connectivity index (χ1) is 14.0. The minimum Gasteiger partial charge on any atom is -0.496 e. The van der Waals surface area contributed by atoms with E-state index in [-0.39, 0.29) is 17.2 Å². The highest BCUT2D eigenvalue weighted by Crippen LogP contribution is 2.30. The van der Waals surface area contributed by atoms with Gasteiger partial charge in [-0.1, -0.05) is 0 Å². The van der Waals surface area contributed by atoms with Crippen LogP contribution in [-0.2, 0) is 0 Å². The number of aromatic carboxylic acids is 1. The molecule has 1 fully saturated rings. The van der Waals surface area contributed by atoms with Gasteiger partial charge in [0.05, 0.1) is 12.7 Å². The lowest BCUT2D eigenvalue weighted by Gasteiger charge is -2.26. The van der Waals surface area contributed by atoms with Gasteiger partial charge >= 0.3 is 5.97 Å². The average Bonchev–Trinajstić information content (AvgIpc) is 2.75. The third-order valence-electron chi connectivity index (χ3n) is 4.65. The molecule has 0 unspecified atom stereocenters. The molecule has 1 aliphatic heterocycles. The van der Waals surface area contributed by atoms with Crippen LogP contribution in [0.2, 0.25) is 0 Å². The molecule has 0 spiro atoms. The van der Waals surface area contributed by atoms with Crippen molar-refractivity contribution in [3.63, 3.8) is 0 Å². The average molecular weight is 511 g/mol. The molecule has 0 aliphatic carbocycles. The summed E-state index contributed by atoms with van der Waals surface area (Å²) in [4.78, 5) is 30.2. The first kappa shape index (κ1) is 21.2. The van der Waals surface area contributed by atoms with Gasteiger partial charge in [-0.3, -0.25) is 4.79 Å². The van der Waals surface area contributed by atoms with Crippen molar-refractivity contribution < 1.29 is 24.2 Å². The number of benzene rings is 1. The van der Waals surface area contributed by atoms with Gasteiger partial charge < -0.3 is 24.8 Å². The Labute approximate surface area is 182 Å². The van der Waals surface area contributed by atoms with Crippen LogP contribution in [0, 0.1) is 0 Å². The predicted octanol–water partition coefficient (Wildman–Crippen LogP) is 3.93.